The third-order valence-electron chi connectivity index (χ3n) is 3.32. The second-order valence-electron chi connectivity index (χ2n) is 4.57. The molecule has 5 heteroatoms. The molecule has 0 bridgehead atoms. The summed E-state index contributed by atoms with van der Waals surface area (Å²) < 4.78 is 4.65. The fourth-order valence-corrected chi connectivity index (χ4v) is 4.35. The lowest BCUT2D eigenvalue weighted by molar-refractivity contribution is -0.140. The van der Waals surface area contributed by atoms with E-state index in [2.05, 4.69) is 16.2 Å². The number of carbonyl (C=O) groups excluding carboxylic acids is 1. The van der Waals surface area contributed by atoms with Crippen LogP contribution in [0.25, 0.3) is 11.3 Å². The zero-order valence-corrected chi connectivity index (χ0v) is 12.4. The van der Waals surface area contributed by atoms with E-state index in [4.69, 9.17) is 4.98 Å². The Hall–Kier alpha value is -1.20. The maximum absolute atomic E-state index is 11.1. The molecule has 0 atom stereocenters. The smallest absolute Gasteiger partial charge is 0.305 e. The molecule has 1 aliphatic carbocycles. The SMILES string of the molecule is COC(=O)CCCc1nc2c(s1)CCc1sccc1-2. The summed E-state index contributed by atoms with van der Waals surface area (Å²) in [5.74, 6) is -0.138. The molecule has 3 rings (SSSR count). The number of rotatable bonds is 4. The maximum Gasteiger partial charge on any atom is 0.305 e. The van der Waals surface area contributed by atoms with Gasteiger partial charge in [-0.1, -0.05) is 0 Å². The summed E-state index contributed by atoms with van der Waals surface area (Å²) in [6.45, 7) is 0. The number of carbonyl (C=O) groups is 1. The highest BCUT2D eigenvalue weighted by Gasteiger charge is 2.21. The summed E-state index contributed by atoms with van der Waals surface area (Å²) in [6.07, 6.45) is 4.41. The van der Waals surface area contributed by atoms with Gasteiger partial charge in [0.15, 0.2) is 0 Å². The molecule has 0 radical (unpaired) electrons. The van der Waals surface area contributed by atoms with Crippen LogP contribution in [0.1, 0.15) is 27.6 Å². The molecule has 0 spiro atoms. The van der Waals surface area contributed by atoms with Crippen LogP contribution < -0.4 is 0 Å². The Morgan fingerprint density at radius 3 is 3.11 bits per heavy atom. The van der Waals surface area contributed by atoms with Crippen molar-refractivity contribution < 1.29 is 9.53 Å². The third-order valence-corrected chi connectivity index (χ3v) is 5.48. The number of hydrogen-bond acceptors (Lipinski definition) is 5. The van der Waals surface area contributed by atoms with Crippen molar-refractivity contribution in [2.24, 2.45) is 0 Å². The first-order valence-corrected chi connectivity index (χ1v) is 8.09. The number of methoxy groups -OCH3 is 1. The number of thiophene rings is 1. The molecular formula is C14H15NO2S2. The summed E-state index contributed by atoms with van der Waals surface area (Å²) in [5.41, 5.74) is 2.50. The summed E-state index contributed by atoms with van der Waals surface area (Å²) in [5, 5.41) is 3.30. The topological polar surface area (TPSA) is 39.2 Å². The molecule has 100 valence electrons. The van der Waals surface area contributed by atoms with Crippen LogP contribution >= 0.6 is 22.7 Å². The average Bonchev–Trinajstić information content (AvgIpc) is 3.03. The second-order valence-corrected chi connectivity index (χ2v) is 6.74. The van der Waals surface area contributed by atoms with Gasteiger partial charge in [0.25, 0.3) is 0 Å². The zero-order chi connectivity index (χ0) is 13.2. The van der Waals surface area contributed by atoms with Gasteiger partial charge in [0.1, 0.15) is 0 Å². The Morgan fingerprint density at radius 1 is 1.42 bits per heavy atom. The zero-order valence-electron chi connectivity index (χ0n) is 10.8. The van der Waals surface area contributed by atoms with E-state index < -0.39 is 0 Å². The molecule has 0 saturated carbocycles. The van der Waals surface area contributed by atoms with Crippen LogP contribution in [0.15, 0.2) is 11.4 Å². The first-order valence-electron chi connectivity index (χ1n) is 6.40. The highest BCUT2D eigenvalue weighted by atomic mass is 32.1. The number of ether oxygens (including phenoxy) is 1. The highest BCUT2D eigenvalue weighted by molar-refractivity contribution is 7.12. The Bertz CT molecular complexity index is 600. The summed E-state index contributed by atoms with van der Waals surface area (Å²) in [7, 11) is 1.43. The largest absolute Gasteiger partial charge is 0.469 e. The van der Waals surface area contributed by atoms with E-state index in [-0.39, 0.29) is 5.97 Å². The fraction of sp³-hybridized carbons (Fsp3) is 0.429. The van der Waals surface area contributed by atoms with E-state index >= 15 is 0 Å². The van der Waals surface area contributed by atoms with E-state index in [0.717, 1.165) is 30.7 Å². The summed E-state index contributed by atoms with van der Waals surface area (Å²) >= 11 is 3.63. The molecule has 0 N–H and O–H groups in total. The first-order chi connectivity index (χ1) is 9.28. The molecule has 2 heterocycles. The van der Waals surface area contributed by atoms with Crippen LogP contribution in [0.5, 0.6) is 0 Å². The number of fused-ring (bicyclic) bond motifs is 3. The molecule has 19 heavy (non-hydrogen) atoms. The second kappa shape index (κ2) is 5.43. The quantitative estimate of drug-likeness (QED) is 0.810. The third kappa shape index (κ3) is 2.58. The highest BCUT2D eigenvalue weighted by Crippen LogP contribution is 2.39. The molecule has 1 aliphatic rings. The van der Waals surface area contributed by atoms with Crippen molar-refractivity contribution in [3.8, 4) is 11.3 Å². The fourth-order valence-electron chi connectivity index (χ4n) is 2.35. The standard InChI is InChI=1S/C14H15NO2S2/c1-17-13(16)4-2-3-12-15-14-9-7-8-18-10(9)5-6-11(14)19-12/h7-8H,2-6H2,1H3. The van der Waals surface area contributed by atoms with Gasteiger partial charge < -0.3 is 4.74 Å². The number of aryl methyl sites for hydroxylation is 3. The van der Waals surface area contributed by atoms with Gasteiger partial charge in [-0.2, -0.15) is 0 Å². The molecule has 0 saturated heterocycles. The van der Waals surface area contributed by atoms with E-state index in [9.17, 15) is 4.79 Å². The van der Waals surface area contributed by atoms with Crippen LogP contribution in [0.4, 0.5) is 0 Å². The van der Waals surface area contributed by atoms with Gasteiger partial charge in [0, 0.05) is 21.7 Å². The average molecular weight is 293 g/mol. The predicted octanol–water partition coefficient (Wildman–Crippen LogP) is 3.47. The van der Waals surface area contributed by atoms with Gasteiger partial charge in [-0.15, -0.1) is 22.7 Å². The van der Waals surface area contributed by atoms with E-state index in [1.54, 1.807) is 11.3 Å². The van der Waals surface area contributed by atoms with Crippen molar-refractivity contribution in [1.82, 2.24) is 4.98 Å². The number of thiazole rings is 1. The molecule has 3 nitrogen and oxygen atoms in total. The maximum atomic E-state index is 11.1. The number of aromatic nitrogens is 1. The molecule has 0 fully saturated rings. The summed E-state index contributed by atoms with van der Waals surface area (Å²) in [6, 6.07) is 2.18. The summed E-state index contributed by atoms with van der Waals surface area (Å²) in [4.78, 5) is 18.7. The lowest BCUT2D eigenvalue weighted by Crippen LogP contribution is -2.00. The molecular weight excluding hydrogens is 278 g/mol. The Balaban J connectivity index is 1.72. The molecule has 2 aromatic rings. The lowest BCUT2D eigenvalue weighted by Gasteiger charge is -2.09. The van der Waals surface area contributed by atoms with Crippen molar-refractivity contribution in [2.45, 2.75) is 32.1 Å². The van der Waals surface area contributed by atoms with Crippen LogP contribution in [-0.2, 0) is 28.8 Å². The van der Waals surface area contributed by atoms with Crippen LogP contribution in [0, 0.1) is 0 Å². The van der Waals surface area contributed by atoms with Crippen LogP contribution in [0.3, 0.4) is 0 Å². The van der Waals surface area contributed by atoms with Crippen molar-refractivity contribution in [3.63, 3.8) is 0 Å². The van der Waals surface area contributed by atoms with Gasteiger partial charge in [-0.3, -0.25) is 4.79 Å². The monoisotopic (exact) mass is 293 g/mol. The molecule has 0 aromatic carbocycles. The van der Waals surface area contributed by atoms with Gasteiger partial charge in [0.2, 0.25) is 0 Å². The predicted molar refractivity (Wildman–Crippen MR) is 77.8 cm³/mol. The van der Waals surface area contributed by atoms with Crippen molar-refractivity contribution in [2.75, 3.05) is 7.11 Å². The van der Waals surface area contributed by atoms with Gasteiger partial charge in [-0.25, -0.2) is 4.98 Å². The van der Waals surface area contributed by atoms with Gasteiger partial charge in [0.05, 0.1) is 17.8 Å². The van der Waals surface area contributed by atoms with E-state index in [1.807, 2.05) is 11.3 Å². The minimum atomic E-state index is -0.138. The molecule has 2 aromatic heterocycles. The van der Waals surface area contributed by atoms with Crippen molar-refractivity contribution in [3.05, 3.63) is 26.2 Å². The van der Waals surface area contributed by atoms with E-state index in [1.165, 1.54) is 28.1 Å². The van der Waals surface area contributed by atoms with Crippen molar-refractivity contribution in [1.29, 1.82) is 0 Å². The Kier molecular flexibility index (Phi) is 3.66. The Morgan fingerprint density at radius 2 is 2.26 bits per heavy atom. The van der Waals surface area contributed by atoms with Crippen LogP contribution in [-0.4, -0.2) is 18.1 Å². The Labute approximate surface area is 120 Å². The van der Waals surface area contributed by atoms with Gasteiger partial charge >= 0.3 is 5.97 Å². The molecule has 0 aliphatic heterocycles. The number of nitrogens with zero attached hydrogens (tertiary/aromatic N) is 1. The minimum absolute atomic E-state index is 0.138. The first kappa shape index (κ1) is 12.8. The molecule has 0 amide bonds. The minimum Gasteiger partial charge on any atom is -0.469 e. The van der Waals surface area contributed by atoms with Crippen molar-refractivity contribution >= 4 is 28.6 Å². The normalized spacial score (nSPS) is 12.9. The molecule has 0 unspecified atom stereocenters. The number of esters is 1. The number of hydrogen-bond donors (Lipinski definition) is 0. The lowest BCUT2D eigenvalue weighted by atomic mass is 10.0. The van der Waals surface area contributed by atoms with Crippen LogP contribution in [0.2, 0.25) is 0 Å². The van der Waals surface area contributed by atoms with E-state index in [0.29, 0.717) is 6.42 Å². The van der Waals surface area contributed by atoms with Gasteiger partial charge in [-0.05, 0) is 37.1 Å².